The highest BCUT2D eigenvalue weighted by molar-refractivity contribution is 8.15. The minimum atomic E-state index is 0.705. The fourth-order valence-corrected chi connectivity index (χ4v) is 5.22. The van der Waals surface area contributed by atoms with E-state index in [1.54, 1.807) is 23.9 Å². The van der Waals surface area contributed by atoms with Gasteiger partial charge in [-0.25, -0.2) is 0 Å². The molecule has 3 rings (SSSR count). The molecule has 2 nitrogen and oxygen atoms in total. The number of benzene rings is 1. The zero-order valence-corrected chi connectivity index (χ0v) is 12.0. The average molecular weight is 284 g/mol. The molecule has 0 aromatic heterocycles. The first-order valence-corrected chi connectivity index (χ1v) is 8.52. The van der Waals surface area contributed by atoms with Gasteiger partial charge in [0.15, 0.2) is 0 Å². The Morgan fingerprint density at radius 3 is 2.94 bits per heavy atom. The molecule has 0 bridgehead atoms. The second kappa shape index (κ2) is 5.89. The first kappa shape index (κ1) is 12.2. The first-order valence-electron chi connectivity index (χ1n) is 6.07. The summed E-state index contributed by atoms with van der Waals surface area (Å²) >= 11 is 5.26. The molecule has 0 saturated heterocycles. The van der Waals surface area contributed by atoms with Crippen LogP contribution in [-0.4, -0.2) is 6.04 Å². The van der Waals surface area contributed by atoms with Crippen molar-refractivity contribution in [3.05, 3.63) is 18.2 Å². The molecule has 1 saturated carbocycles. The van der Waals surface area contributed by atoms with E-state index in [4.69, 9.17) is 0 Å². The summed E-state index contributed by atoms with van der Waals surface area (Å²) in [6.45, 7) is 0. The van der Waals surface area contributed by atoms with E-state index in [0.29, 0.717) is 6.04 Å². The van der Waals surface area contributed by atoms with Crippen molar-refractivity contribution < 1.29 is 0 Å². The smallest absolute Gasteiger partial charge is 0.0534 e. The van der Waals surface area contributed by atoms with Crippen molar-refractivity contribution in [3.8, 4) is 0 Å². The van der Waals surface area contributed by atoms with Crippen molar-refractivity contribution in [1.29, 1.82) is 0 Å². The summed E-state index contributed by atoms with van der Waals surface area (Å²) in [7, 11) is 0. The standard InChI is InChI=1S/C12H16N2S3/c1-2-5-9(6-3-1)13-15-10-7-4-8-11-12(10)17-14-16-11/h4,7-9,13-14H,1-3,5-6H2. The van der Waals surface area contributed by atoms with Crippen LogP contribution < -0.4 is 8.85 Å². The summed E-state index contributed by atoms with van der Waals surface area (Å²) in [6.07, 6.45) is 6.86. The van der Waals surface area contributed by atoms with Gasteiger partial charge in [-0.15, -0.1) is 0 Å². The van der Waals surface area contributed by atoms with Gasteiger partial charge in [-0.2, -0.15) is 4.13 Å². The molecule has 0 amide bonds. The van der Waals surface area contributed by atoms with Crippen molar-refractivity contribution in [2.24, 2.45) is 0 Å². The molecular formula is C12H16N2S3. The van der Waals surface area contributed by atoms with Crippen LogP contribution in [0.5, 0.6) is 0 Å². The van der Waals surface area contributed by atoms with E-state index >= 15 is 0 Å². The molecule has 1 aliphatic carbocycles. The molecule has 1 aliphatic heterocycles. The third kappa shape index (κ3) is 2.96. The Hall–Kier alpha value is 0.190. The summed E-state index contributed by atoms with van der Waals surface area (Å²) in [4.78, 5) is 4.09. The molecule has 5 heteroatoms. The fourth-order valence-electron chi connectivity index (χ4n) is 2.23. The minimum absolute atomic E-state index is 0.705. The predicted octanol–water partition coefficient (Wildman–Crippen LogP) is 4.23. The normalized spacial score (nSPS) is 20.5. The lowest BCUT2D eigenvalue weighted by Crippen LogP contribution is -2.25. The van der Waals surface area contributed by atoms with Gasteiger partial charge in [-0.1, -0.05) is 25.3 Å². The molecule has 2 aliphatic rings. The summed E-state index contributed by atoms with van der Waals surface area (Å²) < 4.78 is 6.89. The maximum absolute atomic E-state index is 3.63. The second-order valence-electron chi connectivity index (χ2n) is 4.43. The monoisotopic (exact) mass is 284 g/mol. The van der Waals surface area contributed by atoms with Crippen molar-refractivity contribution in [2.45, 2.75) is 52.8 Å². The van der Waals surface area contributed by atoms with Gasteiger partial charge in [0.2, 0.25) is 0 Å². The fraction of sp³-hybridized carbons (Fsp3) is 0.500. The van der Waals surface area contributed by atoms with Crippen molar-refractivity contribution in [3.63, 3.8) is 0 Å². The minimum Gasteiger partial charge on any atom is -0.257 e. The number of nitrogens with one attached hydrogen (secondary N) is 2. The van der Waals surface area contributed by atoms with Crippen LogP contribution in [0.15, 0.2) is 32.9 Å². The number of fused-ring (bicyclic) bond motifs is 1. The van der Waals surface area contributed by atoms with Gasteiger partial charge in [-0.05, 0) is 60.8 Å². The first-order chi connectivity index (χ1) is 8.43. The van der Waals surface area contributed by atoms with Crippen LogP contribution in [0.3, 0.4) is 0 Å². The molecule has 92 valence electrons. The molecular weight excluding hydrogens is 268 g/mol. The van der Waals surface area contributed by atoms with E-state index in [-0.39, 0.29) is 0 Å². The molecule has 1 heterocycles. The number of hydrogen-bond acceptors (Lipinski definition) is 5. The average Bonchev–Trinajstić information content (AvgIpc) is 2.86. The van der Waals surface area contributed by atoms with E-state index < -0.39 is 0 Å². The lowest BCUT2D eigenvalue weighted by molar-refractivity contribution is 0.423. The van der Waals surface area contributed by atoms with E-state index in [9.17, 15) is 0 Å². The molecule has 1 fully saturated rings. The lowest BCUT2D eigenvalue weighted by Gasteiger charge is -2.22. The van der Waals surface area contributed by atoms with Gasteiger partial charge in [0.25, 0.3) is 0 Å². The predicted molar refractivity (Wildman–Crippen MR) is 77.2 cm³/mol. The van der Waals surface area contributed by atoms with Crippen LogP contribution in [0.1, 0.15) is 32.1 Å². The highest BCUT2D eigenvalue weighted by Crippen LogP contribution is 2.42. The maximum Gasteiger partial charge on any atom is 0.0534 e. The molecule has 0 spiro atoms. The van der Waals surface area contributed by atoms with Crippen LogP contribution in [0.25, 0.3) is 0 Å². The van der Waals surface area contributed by atoms with Crippen LogP contribution >= 0.6 is 35.8 Å². The van der Waals surface area contributed by atoms with Crippen LogP contribution in [0.4, 0.5) is 0 Å². The van der Waals surface area contributed by atoms with Crippen molar-refractivity contribution in [1.82, 2.24) is 8.85 Å². The summed E-state index contributed by atoms with van der Waals surface area (Å²) in [5, 5.41) is 0. The zero-order chi connectivity index (χ0) is 11.5. The molecule has 17 heavy (non-hydrogen) atoms. The zero-order valence-electron chi connectivity index (χ0n) is 9.57. The highest BCUT2D eigenvalue weighted by Gasteiger charge is 2.18. The van der Waals surface area contributed by atoms with Crippen molar-refractivity contribution in [2.75, 3.05) is 0 Å². The van der Waals surface area contributed by atoms with E-state index in [1.807, 2.05) is 11.9 Å². The van der Waals surface area contributed by atoms with Gasteiger partial charge in [0.05, 0.1) is 4.90 Å². The molecule has 1 aromatic rings. The Bertz CT molecular complexity index is 391. The Kier molecular flexibility index (Phi) is 4.24. The van der Waals surface area contributed by atoms with E-state index in [1.165, 1.54) is 46.8 Å². The summed E-state index contributed by atoms with van der Waals surface area (Å²) in [5.41, 5.74) is 0. The summed E-state index contributed by atoms with van der Waals surface area (Å²) in [5.74, 6) is 0. The molecule has 2 N–H and O–H groups in total. The largest absolute Gasteiger partial charge is 0.257 e. The van der Waals surface area contributed by atoms with E-state index in [0.717, 1.165) is 0 Å². The van der Waals surface area contributed by atoms with Gasteiger partial charge in [-0.3, -0.25) is 4.72 Å². The Balaban J connectivity index is 1.63. The quantitative estimate of drug-likeness (QED) is 0.809. The molecule has 0 atom stereocenters. The van der Waals surface area contributed by atoms with Gasteiger partial charge < -0.3 is 0 Å². The second-order valence-corrected chi connectivity index (χ2v) is 7.23. The SMILES string of the molecule is c1cc2c(c(SNC3CCCCC3)c1)SNS2. The molecule has 0 unspecified atom stereocenters. The molecule has 1 aromatic carbocycles. The van der Waals surface area contributed by atoms with Crippen LogP contribution in [-0.2, 0) is 0 Å². The van der Waals surface area contributed by atoms with Gasteiger partial charge in [0, 0.05) is 15.8 Å². The van der Waals surface area contributed by atoms with Gasteiger partial charge >= 0.3 is 0 Å². The maximum atomic E-state index is 3.63. The van der Waals surface area contributed by atoms with Gasteiger partial charge in [0.1, 0.15) is 0 Å². The third-order valence-corrected chi connectivity index (χ3v) is 6.32. The molecule has 0 radical (unpaired) electrons. The van der Waals surface area contributed by atoms with Crippen molar-refractivity contribution >= 4 is 35.8 Å². The van der Waals surface area contributed by atoms with E-state index in [2.05, 4.69) is 27.0 Å². The Morgan fingerprint density at radius 2 is 2.06 bits per heavy atom. The lowest BCUT2D eigenvalue weighted by atomic mass is 9.96. The number of hydrogen-bond donors (Lipinski definition) is 2. The Morgan fingerprint density at radius 1 is 1.18 bits per heavy atom. The number of rotatable bonds is 3. The van der Waals surface area contributed by atoms with Crippen LogP contribution in [0.2, 0.25) is 0 Å². The highest BCUT2D eigenvalue weighted by atomic mass is 32.2. The summed E-state index contributed by atoms with van der Waals surface area (Å²) in [6, 6.07) is 7.23. The Labute approximate surface area is 115 Å². The topological polar surface area (TPSA) is 24.1 Å². The van der Waals surface area contributed by atoms with Crippen LogP contribution in [0, 0.1) is 0 Å². The third-order valence-electron chi connectivity index (χ3n) is 3.18.